The van der Waals surface area contributed by atoms with Gasteiger partial charge < -0.3 is 10.2 Å². The molecule has 118 valence electrons. The quantitative estimate of drug-likeness (QED) is 0.922. The predicted octanol–water partition coefficient (Wildman–Crippen LogP) is 1.86. The maximum atomic E-state index is 12.1. The van der Waals surface area contributed by atoms with Crippen molar-refractivity contribution in [3.05, 3.63) is 24.0 Å². The molecule has 0 atom stereocenters. The third-order valence-electron chi connectivity index (χ3n) is 5.67. The SMILES string of the molecule is O=C(NC1CC2(CCN(CC3CC3)CC2)C1)c1ccnnc1. The van der Waals surface area contributed by atoms with Gasteiger partial charge in [-0.2, -0.15) is 10.2 Å². The Morgan fingerprint density at radius 2 is 2.05 bits per heavy atom. The van der Waals surface area contributed by atoms with Gasteiger partial charge in [0.25, 0.3) is 5.91 Å². The minimum atomic E-state index is -0.0130. The molecule has 1 spiro atoms. The van der Waals surface area contributed by atoms with E-state index in [1.54, 1.807) is 12.3 Å². The molecule has 1 aromatic heterocycles. The zero-order valence-corrected chi connectivity index (χ0v) is 13.0. The molecule has 1 amide bonds. The van der Waals surface area contributed by atoms with E-state index >= 15 is 0 Å². The van der Waals surface area contributed by atoms with Crippen LogP contribution in [-0.2, 0) is 0 Å². The van der Waals surface area contributed by atoms with Gasteiger partial charge >= 0.3 is 0 Å². The van der Waals surface area contributed by atoms with Crippen LogP contribution in [0.5, 0.6) is 0 Å². The van der Waals surface area contributed by atoms with Crippen molar-refractivity contribution in [2.24, 2.45) is 11.3 Å². The van der Waals surface area contributed by atoms with Crippen molar-refractivity contribution in [3.63, 3.8) is 0 Å². The molecule has 3 aliphatic rings. The fourth-order valence-electron chi connectivity index (χ4n) is 4.07. The lowest BCUT2D eigenvalue weighted by Gasteiger charge is -2.52. The molecule has 0 radical (unpaired) electrons. The summed E-state index contributed by atoms with van der Waals surface area (Å²) in [6.45, 7) is 3.84. The minimum absolute atomic E-state index is 0.0130. The molecule has 2 aliphatic carbocycles. The second-order valence-electron chi connectivity index (χ2n) is 7.45. The summed E-state index contributed by atoms with van der Waals surface area (Å²) in [4.78, 5) is 14.8. The van der Waals surface area contributed by atoms with Crippen molar-refractivity contribution >= 4 is 5.91 Å². The lowest BCUT2D eigenvalue weighted by Crippen LogP contribution is -2.55. The van der Waals surface area contributed by atoms with Crippen LogP contribution in [0.15, 0.2) is 18.5 Å². The number of nitrogens with zero attached hydrogens (tertiary/aromatic N) is 3. The van der Waals surface area contributed by atoms with Crippen LogP contribution in [0.25, 0.3) is 0 Å². The molecule has 3 fully saturated rings. The first-order chi connectivity index (χ1) is 10.7. The van der Waals surface area contributed by atoms with Gasteiger partial charge in [-0.25, -0.2) is 0 Å². The van der Waals surface area contributed by atoms with Gasteiger partial charge in [0.05, 0.1) is 18.0 Å². The Morgan fingerprint density at radius 3 is 2.68 bits per heavy atom. The average molecular weight is 300 g/mol. The number of rotatable bonds is 4. The van der Waals surface area contributed by atoms with E-state index in [4.69, 9.17) is 0 Å². The summed E-state index contributed by atoms with van der Waals surface area (Å²) >= 11 is 0. The topological polar surface area (TPSA) is 58.1 Å². The average Bonchev–Trinajstić information content (AvgIpc) is 3.32. The van der Waals surface area contributed by atoms with Crippen LogP contribution in [0, 0.1) is 11.3 Å². The van der Waals surface area contributed by atoms with Crippen LogP contribution in [0.2, 0.25) is 0 Å². The van der Waals surface area contributed by atoms with Crippen LogP contribution < -0.4 is 5.32 Å². The molecule has 0 aromatic carbocycles. The first kappa shape index (κ1) is 14.1. The van der Waals surface area contributed by atoms with Gasteiger partial charge in [-0.3, -0.25) is 4.79 Å². The maximum absolute atomic E-state index is 12.1. The van der Waals surface area contributed by atoms with Crippen LogP contribution in [0.1, 0.15) is 48.9 Å². The highest BCUT2D eigenvalue weighted by atomic mass is 16.1. The number of nitrogens with one attached hydrogen (secondary N) is 1. The standard InChI is InChI=1S/C17H24N4O/c22-16(14-3-6-18-19-11-14)20-15-9-17(10-15)4-7-21(8-5-17)12-13-1-2-13/h3,6,11,13,15H,1-2,4-5,7-10,12H2,(H,20,22). The van der Waals surface area contributed by atoms with E-state index in [0.29, 0.717) is 17.0 Å². The molecule has 22 heavy (non-hydrogen) atoms. The highest BCUT2D eigenvalue weighted by Crippen LogP contribution is 2.49. The minimum Gasteiger partial charge on any atom is -0.349 e. The number of carbonyl (C=O) groups excluding carboxylic acids is 1. The van der Waals surface area contributed by atoms with Gasteiger partial charge in [0, 0.05) is 12.6 Å². The molecule has 4 rings (SSSR count). The summed E-state index contributed by atoms with van der Waals surface area (Å²) in [6, 6.07) is 2.06. The fraction of sp³-hybridized carbons (Fsp3) is 0.706. The summed E-state index contributed by atoms with van der Waals surface area (Å²) in [7, 11) is 0. The largest absolute Gasteiger partial charge is 0.349 e. The molecule has 0 bridgehead atoms. The Balaban J connectivity index is 1.23. The van der Waals surface area contributed by atoms with Gasteiger partial charge in [-0.05, 0) is 69.0 Å². The third-order valence-corrected chi connectivity index (χ3v) is 5.67. The van der Waals surface area contributed by atoms with Crippen molar-refractivity contribution < 1.29 is 4.79 Å². The van der Waals surface area contributed by atoms with Crippen LogP contribution in [0.4, 0.5) is 0 Å². The highest BCUT2D eigenvalue weighted by molar-refractivity contribution is 5.94. The molecule has 1 aliphatic heterocycles. The molecular formula is C17H24N4O. The first-order valence-electron chi connectivity index (χ1n) is 8.52. The van der Waals surface area contributed by atoms with Gasteiger partial charge in [0.15, 0.2) is 0 Å². The smallest absolute Gasteiger partial charge is 0.253 e. The van der Waals surface area contributed by atoms with Crippen molar-refractivity contribution in [1.29, 1.82) is 0 Å². The van der Waals surface area contributed by atoms with Crippen LogP contribution >= 0.6 is 0 Å². The van der Waals surface area contributed by atoms with E-state index in [1.165, 1.54) is 51.5 Å². The van der Waals surface area contributed by atoms with Crippen molar-refractivity contribution in [1.82, 2.24) is 20.4 Å². The van der Waals surface area contributed by atoms with E-state index in [2.05, 4.69) is 20.4 Å². The Labute approximate surface area is 131 Å². The van der Waals surface area contributed by atoms with Gasteiger partial charge in [0.2, 0.25) is 0 Å². The van der Waals surface area contributed by atoms with E-state index in [0.717, 1.165) is 18.8 Å². The lowest BCUT2D eigenvalue weighted by molar-refractivity contribution is 0.00578. The second-order valence-corrected chi connectivity index (χ2v) is 7.45. The molecule has 2 heterocycles. The summed E-state index contributed by atoms with van der Waals surface area (Å²) in [5, 5.41) is 10.6. The summed E-state index contributed by atoms with van der Waals surface area (Å²) < 4.78 is 0. The number of likely N-dealkylation sites (tertiary alicyclic amines) is 1. The number of carbonyl (C=O) groups is 1. The molecule has 1 saturated heterocycles. The zero-order valence-electron chi connectivity index (χ0n) is 13.0. The molecule has 1 aromatic rings. The summed E-state index contributed by atoms with van der Waals surface area (Å²) in [5.41, 5.74) is 1.12. The molecule has 0 unspecified atom stereocenters. The Kier molecular flexibility index (Phi) is 3.60. The predicted molar refractivity (Wildman–Crippen MR) is 83.4 cm³/mol. The summed E-state index contributed by atoms with van der Waals surface area (Å²) in [5.74, 6) is 0.984. The number of hydrogen-bond donors (Lipinski definition) is 1. The first-order valence-corrected chi connectivity index (χ1v) is 8.52. The second kappa shape index (κ2) is 5.61. The Bertz CT molecular complexity index is 527. The Hall–Kier alpha value is -1.49. The van der Waals surface area contributed by atoms with Crippen LogP contribution in [0.3, 0.4) is 0 Å². The molecule has 5 nitrogen and oxygen atoms in total. The molecule has 2 saturated carbocycles. The maximum Gasteiger partial charge on any atom is 0.253 e. The fourth-order valence-corrected chi connectivity index (χ4v) is 4.07. The van der Waals surface area contributed by atoms with Crippen LogP contribution in [-0.4, -0.2) is 46.7 Å². The molecule has 5 heteroatoms. The van der Waals surface area contributed by atoms with Gasteiger partial charge in [-0.1, -0.05) is 0 Å². The summed E-state index contributed by atoms with van der Waals surface area (Å²) in [6.07, 6.45) is 10.9. The number of hydrogen-bond acceptors (Lipinski definition) is 4. The zero-order chi connectivity index (χ0) is 15.0. The number of amides is 1. The number of aromatic nitrogens is 2. The lowest BCUT2D eigenvalue weighted by atomic mass is 9.60. The van der Waals surface area contributed by atoms with Crippen molar-refractivity contribution in [2.45, 2.75) is 44.6 Å². The Morgan fingerprint density at radius 1 is 1.27 bits per heavy atom. The monoisotopic (exact) mass is 300 g/mol. The third kappa shape index (κ3) is 3.00. The normalized spacial score (nSPS) is 24.9. The van der Waals surface area contributed by atoms with Crippen molar-refractivity contribution in [2.75, 3.05) is 19.6 Å². The van der Waals surface area contributed by atoms with E-state index in [1.807, 2.05) is 0 Å². The van der Waals surface area contributed by atoms with Gasteiger partial charge in [-0.15, -0.1) is 0 Å². The van der Waals surface area contributed by atoms with E-state index in [-0.39, 0.29) is 5.91 Å². The highest BCUT2D eigenvalue weighted by Gasteiger charge is 2.46. The molecular weight excluding hydrogens is 276 g/mol. The van der Waals surface area contributed by atoms with Gasteiger partial charge in [0.1, 0.15) is 0 Å². The van der Waals surface area contributed by atoms with E-state index < -0.39 is 0 Å². The van der Waals surface area contributed by atoms with Crippen molar-refractivity contribution in [3.8, 4) is 0 Å². The van der Waals surface area contributed by atoms with E-state index in [9.17, 15) is 4.79 Å². The molecule has 1 N–H and O–H groups in total. The number of piperidine rings is 1.